The molecule has 2 aliphatic rings. The Kier molecular flexibility index (Phi) is 8.01. The Morgan fingerprint density at radius 2 is 1.48 bits per heavy atom. The van der Waals surface area contributed by atoms with Crippen LogP contribution in [0.1, 0.15) is 32.1 Å². The van der Waals surface area contributed by atoms with Gasteiger partial charge in [-0.25, -0.2) is 0 Å². The standard InChI is InChI=1S/C21H30N4O4/c26-19(14-22-21(28)16-4-2-1-3-5-16)23-17-6-8-18(9-7-17)24-20(27)15-25-10-12-29-13-11-25/h6-9,16H,1-5,10-15H2,(H,22,28)(H,23,26)(H,24,27). The van der Waals surface area contributed by atoms with Gasteiger partial charge in [0.25, 0.3) is 0 Å². The van der Waals surface area contributed by atoms with Crippen LogP contribution in [0.4, 0.5) is 11.4 Å². The molecule has 1 aliphatic heterocycles. The zero-order valence-corrected chi connectivity index (χ0v) is 16.7. The van der Waals surface area contributed by atoms with E-state index in [-0.39, 0.29) is 30.2 Å². The number of ether oxygens (including phenoxy) is 1. The summed E-state index contributed by atoms with van der Waals surface area (Å²) in [6, 6.07) is 6.94. The second-order valence-electron chi connectivity index (χ2n) is 7.61. The molecule has 29 heavy (non-hydrogen) atoms. The first-order valence-corrected chi connectivity index (χ1v) is 10.4. The van der Waals surface area contributed by atoms with E-state index in [0.29, 0.717) is 31.1 Å². The van der Waals surface area contributed by atoms with Crippen LogP contribution in [-0.4, -0.2) is 62.0 Å². The van der Waals surface area contributed by atoms with Gasteiger partial charge in [-0.15, -0.1) is 0 Å². The van der Waals surface area contributed by atoms with Crippen molar-refractivity contribution in [2.24, 2.45) is 5.92 Å². The third-order valence-electron chi connectivity index (χ3n) is 5.32. The number of nitrogens with zero attached hydrogens (tertiary/aromatic N) is 1. The lowest BCUT2D eigenvalue weighted by Crippen LogP contribution is -2.41. The van der Waals surface area contributed by atoms with Crippen molar-refractivity contribution in [2.75, 3.05) is 50.0 Å². The number of carbonyl (C=O) groups is 3. The van der Waals surface area contributed by atoms with Crippen molar-refractivity contribution in [3.05, 3.63) is 24.3 Å². The van der Waals surface area contributed by atoms with Gasteiger partial charge in [0.1, 0.15) is 0 Å². The quantitative estimate of drug-likeness (QED) is 0.643. The largest absolute Gasteiger partial charge is 0.379 e. The zero-order chi connectivity index (χ0) is 20.5. The molecule has 2 fully saturated rings. The molecule has 3 amide bonds. The van der Waals surface area contributed by atoms with Crippen molar-refractivity contribution < 1.29 is 19.1 Å². The van der Waals surface area contributed by atoms with Crippen molar-refractivity contribution in [3.63, 3.8) is 0 Å². The summed E-state index contributed by atoms with van der Waals surface area (Å²) < 4.78 is 5.27. The number of anilines is 2. The number of nitrogens with one attached hydrogen (secondary N) is 3. The molecule has 158 valence electrons. The number of hydrogen-bond donors (Lipinski definition) is 3. The number of rotatable bonds is 7. The average molecular weight is 402 g/mol. The van der Waals surface area contributed by atoms with Crippen LogP contribution < -0.4 is 16.0 Å². The van der Waals surface area contributed by atoms with Crippen molar-refractivity contribution in [3.8, 4) is 0 Å². The van der Waals surface area contributed by atoms with E-state index >= 15 is 0 Å². The van der Waals surface area contributed by atoms with E-state index in [9.17, 15) is 14.4 Å². The van der Waals surface area contributed by atoms with E-state index in [1.54, 1.807) is 24.3 Å². The first kappa shape index (κ1) is 21.3. The molecule has 3 N–H and O–H groups in total. The lowest BCUT2D eigenvalue weighted by atomic mass is 9.89. The van der Waals surface area contributed by atoms with E-state index in [2.05, 4.69) is 20.9 Å². The van der Waals surface area contributed by atoms with E-state index in [0.717, 1.165) is 38.8 Å². The molecule has 8 heteroatoms. The third kappa shape index (κ3) is 7.14. The van der Waals surface area contributed by atoms with Crippen LogP contribution in [0.2, 0.25) is 0 Å². The SMILES string of the molecule is O=C(CNC(=O)C1CCCCC1)Nc1ccc(NC(=O)CN2CCOCC2)cc1. The van der Waals surface area contributed by atoms with Crippen LogP contribution >= 0.6 is 0 Å². The summed E-state index contributed by atoms with van der Waals surface area (Å²) in [4.78, 5) is 38.3. The Morgan fingerprint density at radius 3 is 2.10 bits per heavy atom. The molecule has 0 atom stereocenters. The predicted molar refractivity (Wildman–Crippen MR) is 111 cm³/mol. The van der Waals surface area contributed by atoms with Gasteiger partial charge in [0.15, 0.2) is 0 Å². The van der Waals surface area contributed by atoms with E-state index < -0.39 is 0 Å². The van der Waals surface area contributed by atoms with E-state index in [1.807, 2.05) is 0 Å². The topological polar surface area (TPSA) is 99.8 Å². The molecule has 8 nitrogen and oxygen atoms in total. The molecule has 1 aliphatic carbocycles. The first-order chi connectivity index (χ1) is 14.1. The normalized spacial score (nSPS) is 18.1. The Morgan fingerprint density at radius 1 is 0.897 bits per heavy atom. The van der Waals surface area contributed by atoms with Crippen molar-refractivity contribution in [1.82, 2.24) is 10.2 Å². The van der Waals surface area contributed by atoms with Gasteiger partial charge in [0.05, 0.1) is 26.3 Å². The summed E-state index contributed by atoms with van der Waals surface area (Å²) in [5.41, 5.74) is 1.29. The lowest BCUT2D eigenvalue weighted by molar-refractivity contribution is -0.128. The fourth-order valence-corrected chi connectivity index (χ4v) is 3.68. The highest BCUT2D eigenvalue weighted by Gasteiger charge is 2.21. The Balaban J connectivity index is 1.38. The molecule has 3 rings (SSSR count). The molecular formula is C21H30N4O4. The Bertz CT molecular complexity index is 695. The molecule has 1 saturated heterocycles. The minimum atomic E-state index is -0.265. The van der Waals surface area contributed by atoms with Gasteiger partial charge < -0.3 is 20.7 Å². The predicted octanol–water partition coefficient (Wildman–Crippen LogP) is 1.59. The number of amides is 3. The molecule has 0 aromatic heterocycles. The Labute approximate surface area is 171 Å². The average Bonchev–Trinajstić information content (AvgIpc) is 2.75. The van der Waals surface area contributed by atoms with Gasteiger partial charge in [0, 0.05) is 30.4 Å². The minimum Gasteiger partial charge on any atom is -0.379 e. The monoisotopic (exact) mass is 402 g/mol. The second-order valence-corrected chi connectivity index (χ2v) is 7.61. The summed E-state index contributed by atoms with van der Waals surface area (Å²) in [6.07, 6.45) is 5.17. The van der Waals surface area contributed by atoms with Crippen LogP contribution in [-0.2, 0) is 19.1 Å². The summed E-state index contributed by atoms with van der Waals surface area (Å²) in [7, 11) is 0. The number of benzene rings is 1. The number of hydrogen-bond acceptors (Lipinski definition) is 5. The van der Waals surface area contributed by atoms with Crippen LogP contribution in [0.3, 0.4) is 0 Å². The first-order valence-electron chi connectivity index (χ1n) is 10.4. The van der Waals surface area contributed by atoms with Gasteiger partial charge in [-0.3, -0.25) is 19.3 Å². The van der Waals surface area contributed by atoms with Crippen LogP contribution in [0, 0.1) is 5.92 Å². The number of carbonyl (C=O) groups excluding carboxylic acids is 3. The van der Waals surface area contributed by atoms with Gasteiger partial charge in [-0.05, 0) is 37.1 Å². The fraction of sp³-hybridized carbons (Fsp3) is 0.571. The highest BCUT2D eigenvalue weighted by atomic mass is 16.5. The maximum atomic E-state index is 12.1. The van der Waals surface area contributed by atoms with Crippen LogP contribution in [0.5, 0.6) is 0 Å². The lowest BCUT2D eigenvalue weighted by Gasteiger charge is -2.25. The summed E-state index contributed by atoms with van der Waals surface area (Å²) in [5.74, 6) is -0.331. The van der Waals surface area contributed by atoms with Crippen molar-refractivity contribution >= 4 is 29.1 Å². The zero-order valence-electron chi connectivity index (χ0n) is 16.7. The summed E-state index contributed by atoms with van der Waals surface area (Å²) in [6.45, 7) is 3.13. The van der Waals surface area contributed by atoms with Crippen LogP contribution in [0.25, 0.3) is 0 Å². The molecule has 1 aromatic rings. The van der Waals surface area contributed by atoms with Gasteiger partial charge >= 0.3 is 0 Å². The highest BCUT2D eigenvalue weighted by molar-refractivity contribution is 5.95. The molecule has 0 bridgehead atoms. The van der Waals surface area contributed by atoms with Gasteiger partial charge in [-0.2, -0.15) is 0 Å². The highest BCUT2D eigenvalue weighted by Crippen LogP contribution is 2.23. The molecule has 1 saturated carbocycles. The molecule has 0 unspecified atom stereocenters. The molecular weight excluding hydrogens is 372 g/mol. The minimum absolute atomic E-state index is 0.0295. The fourth-order valence-electron chi connectivity index (χ4n) is 3.68. The third-order valence-corrected chi connectivity index (χ3v) is 5.32. The van der Waals surface area contributed by atoms with Crippen molar-refractivity contribution in [1.29, 1.82) is 0 Å². The maximum Gasteiger partial charge on any atom is 0.243 e. The Hall–Kier alpha value is -2.45. The smallest absolute Gasteiger partial charge is 0.243 e. The summed E-state index contributed by atoms with van der Waals surface area (Å²) >= 11 is 0. The molecule has 0 spiro atoms. The number of morpholine rings is 1. The van der Waals surface area contributed by atoms with Gasteiger partial charge in [0.2, 0.25) is 17.7 Å². The summed E-state index contributed by atoms with van der Waals surface area (Å²) in [5, 5.41) is 8.34. The van der Waals surface area contributed by atoms with E-state index in [1.165, 1.54) is 6.42 Å². The maximum absolute atomic E-state index is 12.1. The van der Waals surface area contributed by atoms with Crippen molar-refractivity contribution in [2.45, 2.75) is 32.1 Å². The second kappa shape index (κ2) is 10.9. The molecule has 1 heterocycles. The molecule has 0 radical (unpaired) electrons. The van der Waals surface area contributed by atoms with Crippen LogP contribution in [0.15, 0.2) is 24.3 Å². The van der Waals surface area contributed by atoms with E-state index in [4.69, 9.17) is 4.74 Å². The molecule has 1 aromatic carbocycles. The van der Waals surface area contributed by atoms with Gasteiger partial charge in [-0.1, -0.05) is 19.3 Å².